The third-order valence-corrected chi connectivity index (χ3v) is 5.50. The van der Waals surface area contributed by atoms with E-state index >= 15 is 0 Å². The lowest BCUT2D eigenvalue weighted by molar-refractivity contribution is -0.116. The van der Waals surface area contributed by atoms with Gasteiger partial charge in [-0.2, -0.15) is 0 Å². The van der Waals surface area contributed by atoms with Gasteiger partial charge in [-0.1, -0.05) is 0 Å². The molecule has 0 bridgehead atoms. The second-order valence-corrected chi connectivity index (χ2v) is 7.33. The summed E-state index contributed by atoms with van der Waals surface area (Å²) in [7, 11) is 5.91. The maximum absolute atomic E-state index is 12.9. The van der Waals surface area contributed by atoms with E-state index in [1.54, 1.807) is 23.6 Å². The average Bonchev–Trinajstić information content (AvgIpc) is 3.26. The van der Waals surface area contributed by atoms with Crippen molar-refractivity contribution in [3.05, 3.63) is 44.4 Å². The number of thiophene rings is 1. The standard InChI is InChI=1S/C20H23N3O7S/c1-27-7-6-22-19(25)18-13(5-8-31-18)23(20(22)26)11-16(24)21-12-9-14(28-2)17(30-4)15(10-12)29-3/h5,8-10H,6-7,11H2,1-4H3,(H,21,24). The number of nitrogens with zero attached hydrogens (tertiary/aromatic N) is 2. The van der Waals surface area contributed by atoms with Gasteiger partial charge in [-0.3, -0.25) is 18.7 Å². The molecule has 0 aliphatic rings. The molecule has 0 unspecified atom stereocenters. The predicted octanol–water partition coefficient (Wildman–Crippen LogP) is 1.54. The summed E-state index contributed by atoms with van der Waals surface area (Å²) in [6.07, 6.45) is 0. The lowest BCUT2D eigenvalue weighted by Crippen LogP contribution is -2.42. The summed E-state index contributed by atoms with van der Waals surface area (Å²) < 4.78 is 23.6. The molecule has 3 rings (SSSR count). The molecule has 1 N–H and O–H groups in total. The minimum atomic E-state index is -0.576. The average molecular weight is 449 g/mol. The van der Waals surface area contributed by atoms with E-state index in [0.717, 1.165) is 4.57 Å². The maximum Gasteiger partial charge on any atom is 0.332 e. The number of hydrogen-bond donors (Lipinski definition) is 1. The van der Waals surface area contributed by atoms with Gasteiger partial charge in [0.1, 0.15) is 11.2 Å². The summed E-state index contributed by atoms with van der Waals surface area (Å²) in [5.41, 5.74) is -0.156. The molecule has 0 saturated carbocycles. The second kappa shape index (κ2) is 9.67. The SMILES string of the molecule is COCCn1c(=O)c2sccc2n(CC(=O)Nc2cc(OC)c(OC)c(OC)c2)c1=O. The first-order valence-electron chi connectivity index (χ1n) is 9.24. The topological polar surface area (TPSA) is 110 Å². The van der Waals surface area contributed by atoms with E-state index in [9.17, 15) is 14.4 Å². The Balaban J connectivity index is 1.95. The van der Waals surface area contributed by atoms with E-state index in [4.69, 9.17) is 18.9 Å². The zero-order chi connectivity index (χ0) is 22.5. The van der Waals surface area contributed by atoms with Crippen LogP contribution < -0.4 is 30.8 Å². The molecule has 0 aliphatic carbocycles. The Labute approximate surface area is 181 Å². The third kappa shape index (κ3) is 4.42. The van der Waals surface area contributed by atoms with Gasteiger partial charge in [0.2, 0.25) is 11.7 Å². The van der Waals surface area contributed by atoms with E-state index in [1.165, 1.54) is 44.3 Å². The highest BCUT2D eigenvalue weighted by Crippen LogP contribution is 2.39. The second-order valence-electron chi connectivity index (χ2n) is 6.42. The molecule has 0 atom stereocenters. The number of rotatable bonds is 9. The first-order valence-corrected chi connectivity index (χ1v) is 10.1. The van der Waals surface area contributed by atoms with Crippen molar-refractivity contribution >= 4 is 33.1 Å². The Kier molecular flexibility index (Phi) is 6.98. The molecule has 11 heteroatoms. The van der Waals surface area contributed by atoms with Crippen LogP contribution in [0.25, 0.3) is 10.2 Å². The van der Waals surface area contributed by atoms with Crippen molar-refractivity contribution in [2.75, 3.05) is 40.4 Å². The summed E-state index contributed by atoms with van der Waals surface area (Å²) in [6.45, 7) is 0.0101. The van der Waals surface area contributed by atoms with Crippen LogP contribution in [0.4, 0.5) is 5.69 Å². The molecule has 0 fully saturated rings. The highest BCUT2D eigenvalue weighted by Gasteiger charge is 2.18. The highest BCUT2D eigenvalue weighted by atomic mass is 32.1. The van der Waals surface area contributed by atoms with Gasteiger partial charge < -0.3 is 24.3 Å². The zero-order valence-electron chi connectivity index (χ0n) is 17.6. The zero-order valence-corrected chi connectivity index (χ0v) is 18.4. The molecule has 0 aliphatic heterocycles. The van der Waals surface area contributed by atoms with E-state index in [0.29, 0.717) is 33.2 Å². The molecule has 166 valence electrons. The van der Waals surface area contributed by atoms with Gasteiger partial charge >= 0.3 is 5.69 Å². The summed E-state index contributed by atoms with van der Waals surface area (Å²) in [4.78, 5) is 38.3. The minimum absolute atomic E-state index is 0.0938. The third-order valence-electron chi connectivity index (χ3n) is 4.61. The van der Waals surface area contributed by atoms with Crippen molar-refractivity contribution < 1.29 is 23.7 Å². The molecular weight excluding hydrogens is 426 g/mol. The van der Waals surface area contributed by atoms with Crippen molar-refractivity contribution in [1.29, 1.82) is 0 Å². The molecule has 0 spiro atoms. The first kappa shape index (κ1) is 22.4. The van der Waals surface area contributed by atoms with Crippen molar-refractivity contribution in [1.82, 2.24) is 9.13 Å². The van der Waals surface area contributed by atoms with Crippen LogP contribution in [0.5, 0.6) is 17.2 Å². The van der Waals surface area contributed by atoms with Crippen LogP contribution in [-0.4, -0.2) is 50.1 Å². The number of aromatic nitrogens is 2. The predicted molar refractivity (Wildman–Crippen MR) is 117 cm³/mol. The Bertz CT molecular complexity index is 1190. The number of nitrogens with one attached hydrogen (secondary N) is 1. The van der Waals surface area contributed by atoms with Gasteiger partial charge in [-0.25, -0.2) is 4.79 Å². The number of hydrogen-bond acceptors (Lipinski definition) is 8. The summed E-state index contributed by atoms with van der Waals surface area (Å²) in [6, 6.07) is 4.82. The number of carbonyl (C=O) groups excluding carboxylic acids is 1. The molecule has 1 amide bonds. The van der Waals surface area contributed by atoms with Gasteiger partial charge in [0.05, 0.1) is 40.0 Å². The summed E-state index contributed by atoms with van der Waals surface area (Å²) >= 11 is 1.22. The number of anilines is 1. The largest absolute Gasteiger partial charge is 0.493 e. The molecule has 1 aromatic carbocycles. The van der Waals surface area contributed by atoms with Crippen molar-refractivity contribution in [2.24, 2.45) is 0 Å². The van der Waals surface area contributed by atoms with Crippen LogP contribution in [0.2, 0.25) is 0 Å². The maximum atomic E-state index is 12.9. The summed E-state index contributed by atoms with van der Waals surface area (Å²) in [5, 5.41) is 4.44. The Morgan fingerprint density at radius 2 is 1.71 bits per heavy atom. The van der Waals surface area contributed by atoms with Crippen LogP contribution >= 0.6 is 11.3 Å². The van der Waals surface area contributed by atoms with Crippen LogP contribution in [0.3, 0.4) is 0 Å². The number of methoxy groups -OCH3 is 4. The number of benzene rings is 1. The number of ether oxygens (including phenoxy) is 4. The highest BCUT2D eigenvalue weighted by molar-refractivity contribution is 7.17. The fourth-order valence-electron chi connectivity index (χ4n) is 3.16. The molecule has 2 aromatic heterocycles. The monoisotopic (exact) mass is 449 g/mol. The lowest BCUT2D eigenvalue weighted by Gasteiger charge is -2.15. The smallest absolute Gasteiger partial charge is 0.332 e. The molecular formula is C20H23N3O7S. The fourth-order valence-corrected chi connectivity index (χ4v) is 4.01. The normalized spacial score (nSPS) is 10.8. The molecule has 2 heterocycles. The van der Waals surface area contributed by atoms with Crippen molar-refractivity contribution in [2.45, 2.75) is 13.1 Å². The van der Waals surface area contributed by atoms with Gasteiger partial charge in [-0.05, 0) is 11.4 Å². The molecule has 3 aromatic rings. The quantitative estimate of drug-likeness (QED) is 0.528. The minimum Gasteiger partial charge on any atom is -0.493 e. The van der Waals surface area contributed by atoms with Crippen molar-refractivity contribution in [3.63, 3.8) is 0 Å². The lowest BCUT2D eigenvalue weighted by atomic mass is 10.2. The summed E-state index contributed by atoms with van der Waals surface area (Å²) in [5.74, 6) is 0.690. The van der Waals surface area contributed by atoms with E-state index in [2.05, 4.69) is 5.32 Å². The van der Waals surface area contributed by atoms with Gasteiger partial charge in [0.25, 0.3) is 5.56 Å². The van der Waals surface area contributed by atoms with Crippen LogP contribution in [0, 0.1) is 0 Å². The Hall–Kier alpha value is -3.31. The molecule has 0 radical (unpaired) electrons. The fraction of sp³-hybridized carbons (Fsp3) is 0.350. The van der Waals surface area contributed by atoms with Gasteiger partial charge in [-0.15, -0.1) is 11.3 Å². The van der Waals surface area contributed by atoms with Crippen LogP contribution in [-0.2, 0) is 22.6 Å². The van der Waals surface area contributed by atoms with Gasteiger partial charge in [0.15, 0.2) is 11.5 Å². The van der Waals surface area contributed by atoms with Gasteiger partial charge in [0, 0.05) is 24.9 Å². The molecule has 31 heavy (non-hydrogen) atoms. The first-order chi connectivity index (χ1) is 14.9. The number of amides is 1. The molecule has 10 nitrogen and oxygen atoms in total. The van der Waals surface area contributed by atoms with Crippen LogP contribution in [0.15, 0.2) is 33.2 Å². The van der Waals surface area contributed by atoms with E-state index in [1.807, 2.05) is 0 Å². The van der Waals surface area contributed by atoms with Crippen LogP contribution in [0.1, 0.15) is 0 Å². The number of carbonyl (C=O) groups is 1. The van der Waals surface area contributed by atoms with E-state index in [-0.39, 0.29) is 19.7 Å². The van der Waals surface area contributed by atoms with E-state index < -0.39 is 17.2 Å². The number of fused-ring (bicyclic) bond motifs is 1. The van der Waals surface area contributed by atoms with Crippen molar-refractivity contribution in [3.8, 4) is 17.2 Å². The Morgan fingerprint density at radius 1 is 1.03 bits per heavy atom. The Morgan fingerprint density at radius 3 is 2.29 bits per heavy atom. The molecule has 0 saturated heterocycles.